The maximum atomic E-state index is 11.5. The molecule has 0 spiro atoms. The minimum atomic E-state index is -0.352. The Labute approximate surface area is 115 Å². The molecule has 4 nitrogen and oxygen atoms in total. The summed E-state index contributed by atoms with van der Waals surface area (Å²) in [6.07, 6.45) is 0. The van der Waals surface area contributed by atoms with Crippen LogP contribution in [0.25, 0.3) is 21.9 Å². The van der Waals surface area contributed by atoms with Crippen molar-refractivity contribution in [2.45, 2.75) is 20.4 Å². The molecule has 0 bridgehead atoms. The molecule has 3 aromatic rings. The van der Waals surface area contributed by atoms with Crippen molar-refractivity contribution >= 4 is 34.3 Å². The Morgan fingerprint density at radius 3 is 2.63 bits per heavy atom. The first-order valence-corrected chi connectivity index (χ1v) is 5.77. The number of rotatable bonds is 1. The molecule has 2 N–H and O–H groups in total. The van der Waals surface area contributed by atoms with Gasteiger partial charge in [0.15, 0.2) is 0 Å². The number of hydrogen-bond donors (Lipinski definition) is 1. The van der Waals surface area contributed by atoms with Crippen LogP contribution in [0.4, 0.5) is 0 Å². The van der Waals surface area contributed by atoms with Gasteiger partial charge in [0.1, 0.15) is 16.9 Å². The van der Waals surface area contributed by atoms with Crippen LogP contribution in [0.15, 0.2) is 31.8 Å². The smallest absolute Gasteiger partial charge is 0.336 e. The van der Waals surface area contributed by atoms with E-state index in [9.17, 15) is 4.79 Å². The summed E-state index contributed by atoms with van der Waals surface area (Å²) in [5.74, 6) is 0.768. The van der Waals surface area contributed by atoms with Gasteiger partial charge in [-0.2, -0.15) is 0 Å². The highest BCUT2D eigenvalue weighted by Crippen LogP contribution is 2.32. The molecular formula is C14H14ClNO3. The molecule has 0 atom stereocenters. The van der Waals surface area contributed by atoms with Crippen molar-refractivity contribution in [2.24, 2.45) is 5.73 Å². The van der Waals surface area contributed by atoms with E-state index in [1.165, 1.54) is 6.07 Å². The Bertz CT molecular complexity index is 817. The van der Waals surface area contributed by atoms with E-state index in [4.69, 9.17) is 14.6 Å². The van der Waals surface area contributed by atoms with E-state index >= 15 is 0 Å². The summed E-state index contributed by atoms with van der Waals surface area (Å²) < 4.78 is 11.0. The molecule has 19 heavy (non-hydrogen) atoms. The van der Waals surface area contributed by atoms with E-state index in [1.807, 2.05) is 26.0 Å². The normalized spacial score (nSPS) is 10.9. The average molecular weight is 280 g/mol. The van der Waals surface area contributed by atoms with E-state index in [0.29, 0.717) is 17.7 Å². The second-order valence-corrected chi connectivity index (χ2v) is 4.40. The summed E-state index contributed by atoms with van der Waals surface area (Å²) >= 11 is 0. The van der Waals surface area contributed by atoms with Crippen molar-refractivity contribution in [3.8, 4) is 0 Å². The number of halogens is 1. The largest absolute Gasteiger partial charge is 0.461 e. The molecule has 0 aliphatic rings. The van der Waals surface area contributed by atoms with Gasteiger partial charge in [-0.05, 0) is 31.5 Å². The van der Waals surface area contributed by atoms with Crippen LogP contribution in [-0.4, -0.2) is 0 Å². The fraction of sp³-hybridized carbons (Fsp3) is 0.214. The Morgan fingerprint density at radius 1 is 1.21 bits per heavy atom. The topological polar surface area (TPSA) is 69.4 Å². The molecule has 0 fully saturated rings. The third kappa shape index (κ3) is 1.93. The summed E-state index contributed by atoms with van der Waals surface area (Å²) in [5.41, 5.74) is 8.45. The number of furan rings is 1. The molecule has 0 aliphatic heterocycles. The van der Waals surface area contributed by atoms with Gasteiger partial charge in [-0.1, -0.05) is 0 Å². The van der Waals surface area contributed by atoms with Crippen LogP contribution >= 0.6 is 12.4 Å². The second kappa shape index (κ2) is 4.72. The molecule has 2 aromatic heterocycles. The van der Waals surface area contributed by atoms with Gasteiger partial charge in [0.05, 0.1) is 5.39 Å². The highest BCUT2D eigenvalue weighted by atomic mass is 35.5. The third-order valence-electron chi connectivity index (χ3n) is 3.28. The van der Waals surface area contributed by atoms with Gasteiger partial charge in [-0.3, -0.25) is 0 Å². The van der Waals surface area contributed by atoms with E-state index in [1.54, 1.807) is 0 Å². The molecule has 0 radical (unpaired) electrons. The number of nitrogens with two attached hydrogens (primary N) is 1. The minimum Gasteiger partial charge on any atom is -0.461 e. The van der Waals surface area contributed by atoms with E-state index < -0.39 is 0 Å². The molecule has 0 aliphatic carbocycles. The summed E-state index contributed by atoms with van der Waals surface area (Å²) in [6.45, 7) is 4.11. The molecule has 0 unspecified atom stereocenters. The zero-order chi connectivity index (χ0) is 12.9. The van der Waals surface area contributed by atoms with Crippen molar-refractivity contribution in [3.63, 3.8) is 0 Å². The highest BCUT2D eigenvalue weighted by Gasteiger charge is 2.15. The second-order valence-electron chi connectivity index (χ2n) is 4.40. The van der Waals surface area contributed by atoms with Crippen LogP contribution in [0, 0.1) is 13.8 Å². The van der Waals surface area contributed by atoms with Crippen LogP contribution in [0.2, 0.25) is 0 Å². The molecule has 100 valence electrons. The van der Waals surface area contributed by atoms with Crippen molar-refractivity contribution in [3.05, 3.63) is 45.5 Å². The fourth-order valence-electron chi connectivity index (χ4n) is 2.38. The van der Waals surface area contributed by atoms with Gasteiger partial charge in [-0.15, -0.1) is 12.4 Å². The van der Waals surface area contributed by atoms with Crippen molar-refractivity contribution < 1.29 is 8.83 Å². The maximum absolute atomic E-state index is 11.5. The predicted molar refractivity (Wildman–Crippen MR) is 76.9 cm³/mol. The van der Waals surface area contributed by atoms with Crippen molar-refractivity contribution in [2.75, 3.05) is 0 Å². The number of hydrogen-bond acceptors (Lipinski definition) is 4. The highest BCUT2D eigenvalue weighted by molar-refractivity contribution is 6.05. The first-order chi connectivity index (χ1) is 8.61. The van der Waals surface area contributed by atoms with Gasteiger partial charge in [0.2, 0.25) is 0 Å². The zero-order valence-electron chi connectivity index (χ0n) is 10.6. The lowest BCUT2D eigenvalue weighted by molar-refractivity contribution is 0.561. The summed E-state index contributed by atoms with van der Waals surface area (Å²) in [4.78, 5) is 11.5. The average Bonchev–Trinajstić information content (AvgIpc) is 2.64. The molecule has 1 aromatic carbocycles. The van der Waals surface area contributed by atoms with Crippen LogP contribution in [0.1, 0.15) is 16.9 Å². The molecule has 2 heterocycles. The van der Waals surface area contributed by atoms with Crippen molar-refractivity contribution in [1.82, 2.24) is 0 Å². The lowest BCUT2D eigenvalue weighted by atomic mass is 10.1. The quantitative estimate of drug-likeness (QED) is 0.695. The third-order valence-corrected chi connectivity index (χ3v) is 3.28. The number of fused-ring (bicyclic) bond motifs is 3. The van der Waals surface area contributed by atoms with Crippen LogP contribution in [-0.2, 0) is 6.54 Å². The van der Waals surface area contributed by atoms with Crippen LogP contribution < -0.4 is 11.4 Å². The van der Waals surface area contributed by atoms with Gasteiger partial charge in [0, 0.05) is 23.6 Å². The molecule has 3 rings (SSSR count). The monoisotopic (exact) mass is 279 g/mol. The summed E-state index contributed by atoms with van der Waals surface area (Å²) in [6, 6.07) is 5.28. The van der Waals surface area contributed by atoms with E-state index in [0.717, 1.165) is 27.7 Å². The Hall–Kier alpha value is -1.78. The molecule has 0 saturated heterocycles. The van der Waals surface area contributed by atoms with E-state index in [2.05, 4.69) is 0 Å². The first-order valence-electron chi connectivity index (χ1n) is 5.77. The lowest BCUT2D eigenvalue weighted by Gasteiger charge is -2.02. The van der Waals surface area contributed by atoms with Gasteiger partial charge < -0.3 is 14.6 Å². The maximum Gasteiger partial charge on any atom is 0.336 e. The number of aryl methyl sites for hydroxylation is 2. The molecule has 0 saturated carbocycles. The molecule has 0 amide bonds. The van der Waals surface area contributed by atoms with Gasteiger partial charge in [0.25, 0.3) is 0 Å². The van der Waals surface area contributed by atoms with Crippen LogP contribution in [0.3, 0.4) is 0 Å². The lowest BCUT2D eigenvalue weighted by Crippen LogP contribution is -2.00. The SMILES string of the molecule is Cc1oc2ccc3c(C)cc(=O)oc3c2c1CN.Cl. The fourth-order valence-corrected chi connectivity index (χ4v) is 2.38. The standard InChI is InChI=1S/C14H13NO3.ClH/c1-7-5-12(16)18-14-9(7)3-4-11-13(14)10(6-15)8(2)17-11;/h3-5H,6,15H2,1-2H3;1H. The van der Waals surface area contributed by atoms with Crippen LogP contribution in [0.5, 0.6) is 0 Å². The predicted octanol–water partition coefficient (Wildman–Crippen LogP) is 3.04. The van der Waals surface area contributed by atoms with E-state index in [-0.39, 0.29) is 18.0 Å². The van der Waals surface area contributed by atoms with Gasteiger partial charge >= 0.3 is 5.63 Å². The summed E-state index contributed by atoms with van der Waals surface area (Å²) in [5, 5.41) is 1.73. The Balaban J connectivity index is 0.00000133. The van der Waals surface area contributed by atoms with Gasteiger partial charge in [-0.25, -0.2) is 4.79 Å². The Morgan fingerprint density at radius 2 is 1.95 bits per heavy atom. The Kier molecular flexibility index (Phi) is 3.39. The van der Waals surface area contributed by atoms with Crippen molar-refractivity contribution in [1.29, 1.82) is 0 Å². The minimum absolute atomic E-state index is 0. The zero-order valence-corrected chi connectivity index (χ0v) is 11.5. The first kappa shape index (κ1) is 13.6. The number of benzene rings is 1. The molecular weight excluding hydrogens is 266 g/mol. The molecule has 5 heteroatoms. The summed E-state index contributed by atoms with van der Waals surface area (Å²) in [7, 11) is 0.